The topological polar surface area (TPSA) is 62.9 Å². The zero-order chi connectivity index (χ0) is 15.5. The van der Waals surface area contributed by atoms with Gasteiger partial charge in [0.1, 0.15) is 17.4 Å². The zero-order valence-electron chi connectivity index (χ0n) is 12.7. The molecule has 5 heteroatoms. The Kier molecular flexibility index (Phi) is 4.45. The minimum Gasteiger partial charge on any atom is -0.480 e. The fourth-order valence-corrected chi connectivity index (χ4v) is 3.24. The maximum atomic E-state index is 11.7. The second kappa shape index (κ2) is 6.50. The molecule has 1 saturated heterocycles. The van der Waals surface area contributed by atoms with Crippen molar-refractivity contribution in [2.24, 2.45) is 5.92 Å². The lowest BCUT2D eigenvalue weighted by molar-refractivity contribution is -0.146. The first-order valence-corrected chi connectivity index (χ1v) is 7.63. The molecule has 1 N–H and O–H groups in total. The molecule has 1 fully saturated rings. The molecule has 2 heterocycles. The van der Waals surface area contributed by atoms with E-state index in [1.807, 2.05) is 42.3 Å². The van der Waals surface area contributed by atoms with Crippen LogP contribution in [0.15, 0.2) is 34.7 Å². The van der Waals surface area contributed by atoms with E-state index < -0.39 is 12.0 Å². The molecule has 0 bridgehead atoms. The van der Waals surface area contributed by atoms with Gasteiger partial charge in [-0.05, 0) is 37.9 Å². The van der Waals surface area contributed by atoms with Gasteiger partial charge in [-0.1, -0.05) is 18.2 Å². The lowest BCUT2D eigenvalue weighted by Gasteiger charge is -2.33. The van der Waals surface area contributed by atoms with Crippen molar-refractivity contribution in [1.29, 1.82) is 0 Å². The maximum absolute atomic E-state index is 11.7. The second-order valence-corrected chi connectivity index (χ2v) is 5.90. The molecule has 0 radical (unpaired) electrons. The first-order valence-electron chi connectivity index (χ1n) is 7.63. The number of aliphatic carboxylic acids is 1. The zero-order valence-corrected chi connectivity index (χ0v) is 12.7. The van der Waals surface area contributed by atoms with E-state index in [0.29, 0.717) is 19.8 Å². The molecule has 1 aromatic heterocycles. The molecular weight excluding hydrogens is 282 g/mol. The lowest BCUT2D eigenvalue weighted by Crippen LogP contribution is -2.45. The summed E-state index contributed by atoms with van der Waals surface area (Å²) >= 11 is 0. The smallest absolute Gasteiger partial charge is 0.321 e. The quantitative estimate of drug-likeness (QED) is 0.920. The summed E-state index contributed by atoms with van der Waals surface area (Å²) in [6, 6.07) is 9.29. The number of hydrogen-bond donors (Lipinski definition) is 1. The second-order valence-electron chi connectivity index (χ2n) is 5.90. The number of para-hydroxylation sites is 1. The summed E-state index contributed by atoms with van der Waals surface area (Å²) in [5.74, 6) is 0.146. The van der Waals surface area contributed by atoms with Gasteiger partial charge in [-0.2, -0.15) is 0 Å². The molecule has 22 heavy (non-hydrogen) atoms. The summed E-state index contributed by atoms with van der Waals surface area (Å²) < 4.78 is 11.1. The average molecular weight is 303 g/mol. The summed E-state index contributed by atoms with van der Waals surface area (Å²) in [5, 5.41) is 10.6. The molecule has 5 nitrogen and oxygen atoms in total. The molecular formula is C17H21NO4. The van der Waals surface area contributed by atoms with Crippen LogP contribution in [0.2, 0.25) is 0 Å². The van der Waals surface area contributed by atoms with Crippen LogP contribution >= 0.6 is 0 Å². The molecule has 1 aliphatic rings. The average Bonchev–Trinajstić information content (AvgIpc) is 2.90. The lowest BCUT2D eigenvalue weighted by atomic mass is 9.91. The van der Waals surface area contributed by atoms with Crippen LogP contribution in [0.4, 0.5) is 0 Å². The van der Waals surface area contributed by atoms with Crippen LogP contribution in [-0.4, -0.2) is 42.3 Å². The van der Waals surface area contributed by atoms with Crippen LogP contribution in [0.5, 0.6) is 0 Å². The molecule has 0 aliphatic carbocycles. The van der Waals surface area contributed by atoms with E-state index >= 15 is 0 Å². The van der Waals surface area contributed by atoms with Gasteiger partial charge in [-0.25, -0.2) is 0 Å². The summed E-state index contributed by atoms with van der Waals surface area (Å²) in [5.41, 5.74) is 0.837. The Balaban J connectivity index is 1.75. The van der Waals surface area contributed by atoms with Gasteiger partial charge in [0.25, 0.3) is 0 Å². The number of nitrogens with zero attached hydrogens (tertiary/aromatic N) is 1. The third kappa shape index (κ3) is 3.15. The fourth-order valence-electron chi connectivity index (χ4n) is 3.24. The van der Waals surface area contributed by atoms with Gasteiger partial charge in [0.15, 0.2) is 0 Å². The van der Waals surface area contributed by atoms with E-state index in [-0.39, 0.29) is 5.92 Å². The van der Waals surface area contributed by atoms with E-state index in [1.54, 1.807) is 0 Å². The molecule has 0 amide bonds. The number of furan rings is 1. The van der Waals surface area contributed by atoms with E-state index in [4.69, 9.17) is 9.15 Å². The summed E-state index contributed by atoms with van der Waals surface area (Å²) in [7, 11) is 1.85. The number of hydrogen-bond acceptors (Lipinski definition) is 4. The largest absolute Gasteiger partial charge is 0.480 e. The monoisotopic (exact) mass is 303 g/mol. The number of likely N-dealkylation sites (N-methyl/N-ethyl adjacent to an activating group) is 1. The minimum absolute atomic E-state index is 0.126. The predicted molar refractivity (Wildman–Crippen MR) is 82.6 cm³/mol. The van der Waals surface area contributed by atoms with Gasteiger partial charge in [0, 0.05) is 18.6 Å². The van der Waals surface area contributed by atoms with Crippen molar-refractivity contribution in [1.82, 2.24) is 4.90 Å². The molecule has 1 atom stereocenters. The Morgan fingerprint density at radius 3 is 2.77 bits per heavy atom. The van der Waals surface area contributed by atoms with E-state index in [2.05, 4.69) is 0 Å². The van der Waals surface area contributed by atoms with Crippen LogP contribution in [-0.2, 0) is 16.1 Å². The van der Waals surface area contributed by atoms with Gasteiger partial charge >= 0.3 is 5.97 Å². The van der Waals surface area contributed by atoms with Crippen molar-refractivity contribution in [3.05, 3.63) is 36.1 Å². The van der Waals surface area contributed by atoms with Gasteiger partial charge in [-0.15, -0.1) is 0 Å². The van der Waals surface area contributed by atoms with E-state index in [0.717, 1.165) is 29.6 Å². The number of fused-ring (bicyclic) bond motifs is 1. The highest BCUT2D eigenvalue weighted by Crippen LogP contribution is 2.25. The van der Waals surface area contributed by atoms with E-state index in [1.165, 1.54) is 0 Å². The third-order valence-electron chi connectivity index (χ3n) is 4.32. The molecule has 1 aromatic carbocycles. The molecule has 3 rings (SSSR count). The Morgan fingerprint density at radius 2 is 2.09 bits per heavy atom. The molecule has 0 spiro atoms. The first-order chi connectivity index (χ1) is 10.6. The number of ether oxygens (including phenoxy) is 1. The van der Waals surface area contributed by atoms with Crippen molar-refractivity contribution in [3.8, 4) is 0 Å². The highest BCUT2D eigenvalue weighted by molar-refractivity contribution is 5.77. The van der Waals surface area contributed by atoms with Crippen LogP contribution in [0, 0.1) is 5.92 Å². The summed E-state index contributed by atoms with van der Waals surface area (Å²) in [6.07, 6.45) is 1.59. The SMILES string of the molecule is CN(Cc1cc2ccccc2o1)C(C(=O)O)C1CCOCC1. The van der Waals surface area contributed by atoms with Gasteiger partial charge in [0.2, 0.25) is 0 Å². The highest BCUT2D eigenvalue weighted by Gasteiger charge is 2.33. The molecule has 1 unspecified atom stereocenters. The Bertz CT molecular complexity index is 612. The van der Waals surface area contributed by atoms with Crippen LogP contribution in [0.3, 0.4) is 0 Å². The summed E-state index contributed by atoms with van der Waals surface area (Å²) in [4.78, 5) is 13.6. The van der Waals surface area contributed by atoms with Gasteiger partial charge in [-0.3, -0.25) is 9.69 Å². The Hall–Kier alpha value is -1.85. The van der Waals surface area contributed by atoms with E-state index in [9.17, 15) is 9.90 Å². The van der Waals surface area contributed by atoms with Gasteiger partial charge < -0.3 is 14.3 Å². The summed E-state index contributed by atoms with van der Waals surface area (Å²) in [6.45, 7) is 1.78. The van der Waals surface area contributed by atoms with Gasteiger partial charge in [0.05, 0.1) is 6.54 Å². The molecule has 0 saturated carbocycles. The normalized spacial score (nSPS) is 17.9. The molecule has 2 aromatic rings. The molecule has 118 valence electrons. The number of carboxylic acids is 1. The highest BCUT2D eigenvalue weighted by atomic mass is 16.5. The van der Waals surface area contributed by atoms with Crippen LogP contribution in [0.25, 0.3) is 11.0 Å². The van der Waals surface area contributed by atoms with Crippen LogP contribution in [0.1, 0.15) is 18.6 Å². The predicted octanol–water partition coefficient (Wildman–Crippen LogP) is 2.74. The van der Waals surface area contributed by atoms with Crippen LogP contribution < -0.4 is 0 Å². The third-order valence-corrected chi connectivity index (χ3v) is 4.32. The van der Waals surface area contributed by atoms with Crippen molar-refractivity contribution < 1.29 is 19.1 Å². The number of carbonyl (C=O) groups is 1. The molecule has 1 aliphatic heterocycles. The first kappa shape index (κ1) is 15.1. The van der Waals surface area contributed by atoms with Crippen molar-refractivity contribution >= 4 is 16.9 Å². The standard InChI is InChI=1S/C17H21NO4/c1-18(16(17(19)20)12-6-8-21-9-7-12)11-14-10-13-4-2-3-5-15(13)22-14/h2-5,10,12,16H,6-9,11H2,1H3,(H,19,20). The minimum atomic E-state index is -0.773. The Morgan fingerprint density at radius 1 is 1.36 bits per heavy atom. The number of rotatable bonds is 5. The Labute approximate surface area is 129 Å². The fraction of sp³-hybridized carbons (Fsp3) is 0.471. The van der Waals surface area contributed by atoms with Crippen molar-refractivity contribution in [2.75, 3.05) is 20.3 Å². The maximum Gasteiger partial charge on any atom is 0.321 e. The number of benzene rings is 1. The van der Waals surface area contributed by atoms with Crippen molar-refractivity contribution in [2.45, 2.75) is 25.4 Å². The number of carboxylic acid groups (broad SMARTS) is 1. The van der Waals surface area contributed by atoms with Crippen molar-refractivity contribution in [3.63, 3.8) is 0 Å².